The molecule has 0 amide bonds. The third kappa shape index (κ3) is 4.89. The van der Waals surface area contributed by atoms with Crippen LogP contribution in [0, 0.1) is 5.92 Å². The number of carboxylic acids is 1. The fourth-order valence-corrected chi connectivity index (χ4v) is 3.46. The van der Waals surface area contributed by atoms with Gasteiger partial charge >= 0.3 is 5.97 Å². The molecule has 0 aliphatic carbocycles. The SMILES string of the molecule is CCOc1cc(-c2cccc(CC(CC)C(=O)O)c2)ccc1-c1nc(NN)c(N)c(=O)[nH]1. The van der Waals surface area contributed by atoms with Crippen LogP contribution in [0.1, 0.15) is 25.8 Å². The number of aromatic nitrogens is 2. The summed E-state index contributed by atoms with van der Waals surface area (Å²) in [7, 11) is 0. The fourth-order valence-electron chi connectivity index (χ4n) is 3.46. The van der Waals surface area contributed by atoms with Gasteiger partial charge in [0.15, 0.2) is 5.82 Å². The monoisotopic (exact) mass is 437 g/mol. The van der Waals surface area contributed by atoms with Crippen molar-refractivity contribution in [1.29, 1.82) is 0 Å². The van der Waals surface area contributed by atoms with E-state index in [1.807, 2.05) is 50.2 Å². The Kier molecular flexibility index (Phi) is 7.11. The average molecular weight is 438 g/mol. The number of anilines is 2. The van der Waals surface area contributed by atoms with Crippen molar-refractivity contribution in [3.05, 3.63) is 58.4 Å². The summed E-state index contributed by atoms with van der Waals surface area (Å²) < 4.78 is 5.82. The molecule has 0 saturated carbocycles. The van der Waals surface area contributed by atoms with Crippen LogP contribution >= 0.6 is 0 Å². The number of hydrazine groups is 1. The lowest BCUT2D eigenvalue weighted by atomic mass is 9.94. The predicted octanol–water partition coefficient (Wildman–Crippen LogP) is 3.02. The summed E-state index contributed by atoms with van der Waals surface area (Å²) in [5.41, 5.74) is 10.8. The van der Waals surface area contributed by atoms with E-state index in [2.05, 4.69) is 15.4 Å². The Balaban J connectivity index is 2.02. The van der Waals surface area contributed by atoms with Crippen molar-refractivity contribution in [2.75, 3.05) is 17.8 Å². The number of carboxylic acid groups (broad SMARTS) is 1. The van der Waals surface area contributed by atoms with Gasteiger partial charge in [-0.1, -0.05) is 37.3 Å². The minimum Gasteiger partial charge on any atom is -0.493 e. The summed E-state index contributed by atoms with van der Waals surface area (Å²) in [6.07, 6.45) is 1.02. The molecular formula is C23H27N5O4. The summed E-state index contributed by atoms with van der Waals surface area (Å²) in [6.45, 7) is 4.14. The summed E-state index contributed by atoms with van der Waals surface area (Å²) in [6, 6.07) is 13.3. The highest BCUT2D eigenvalue weighted by Crippen LogP contribution is 2.33. The molecule has 1 unspecified atom stereocenters. The maximum absolute atomic E-state index is 12.1. The molecule has 1 aromatic heterocycles. The van der Waals surface area contributed by atoms with Gasteiger partial charge in [-0.05, 0) is 48.6 Å². The molecule has 0 bridgehead atoms. The van der Waals surface area contributed by atoms with E-state index in [0.29, 0.717) is 30.8 Å². The molecule has 0 fully saturated rings. The maximum atomic E-state index is 12.1. The van der Waals surface area contributed by atoms with Crippen molar-refractivity contribution >= 4 is 17.5 Å². The third-order valence-electron chi connectivity index (χ3n) is 5.21. The number of ether oxygens (including phenoxy) is 1. The zero-order valence-electron chi connectivity index (χ0n) is 18.0. The van der Waals surface area contributed by atoms with E-state index in [-0.39, 0.29) is 17.3 Å². The van der Waals surface area contributed by atoms with Crippen LogP contribution in [0.2, 0.25) is 0 Å². The molecule has 0 saturated heterocycles. The molecule has 3 aromatic rings. The topological polar surface area (TPSA) is 156 Å². The van der Waals surface area contributed by atoms with Crippen molar-refractivity contribution in [1.82, 2.24) is 9.97 Å². The number of nitrogens with one attached hydrogen (secondary N) is 2. The van der Waals surface area contributed by atoms with Gasteiger partial charge in [0, 0.05) is 0 Å². The zero-order valence-corrected chi connectivity index (χ0v) is 18.0. The number of H-pyrrole nitrogens is 1. The van der Waals surface area contributed by atoms with Crippen molar-refractivity contribution in [3.63, 3.8) is 0 Å². The maximum Gasteiger partial charge on any atom is 0.306 e. The molecule has 9 heteroatoms. The number of aromatic amines is 1. The molecular weight excluding hydrogens is 410 g/mol. The predicted molar refractivity (Wildman–Crippen MR) is 124 cm³/mol. The second-order valence-electron chi connectivity index (χ2n) is 7.31. The molecule has 9 nitrogen and oxygen atoms in total. The highest BCUT2D eigenvalue weighted by molar-refractivity contribution is 5.75. The Hall–Kier alpha value is -3.85. The summed E-state index contributed by atoms with van der Waals surface area (Å²) >= 11 is 0. The highest BCUT2D eigenvalue weighted by atomic mass is 16.5. The van der Waals surface area contributed by atoms with Crippen LogP contribution in [-0.2, 0) is 11.2 Å². The lowest BCUT2D eigenvalue weighted by Gasteiger charge is -2.14. The van der Waals surface area contributed by atoms with Gasteiger partial charge in [0.2, 0.25) is 0 Å². The minimum absolute atomic E-state index is 0.0758. The van der Waals surface area contributed by atoms with E-state index in [1.54, 1.807) is 6.07 Å². The van der Waals surface area contributed by atoms with Crippen LogP contribution < -0.4 is 27.3 Å². The van der Waals surface area contributed by atoms with Gasteiger partial charge in [-0.2, -0.15) is 0 Å². The lowest BCUT2D eigenvalue weighted by molar-refractivity contribution is -0.141. The Labute approximate surface area is 185 Å². The van der Waals surface area contributed by atoms with Gasteiger partial charge in [-0.15, -0.1) is 0 Å². The molecule has 0 radical (unpaired) electrons. The van der Waals surface area contributed by atoms with E-state index in [1.165, 1.54) is 0 Å². The molecule has 0 aliphatic heterocycles. The Morgan fingerprint density at radius 3 is 2.62 bits per heavy atom. The summed E-state index contributed by atoms with van der Waals surface area (Å²) in [5, 5.41) is 9.36. The molecule has 3 rings (SSSR count). The molecule has 1 atom stereocenters. The Morgan fingerprint density at radius 1 is 1.22 bits per heavy atom. The van der Waals surface area contributed by atoms with Gasteiger partial charge in [0.1, 0.15) is 17.3 Å². The number of nitrogens with zero attached hydrogens (tertiary/aromatic N) is 1. The van der Waals surface area contributed by atoms with Gasteiger partial charge in [-0.25, -0.2) is 10.8 Å². The number of benzene rings is 2. The molecule has 7 N–H and O–H groups in total. The smallest absolute Gasteiger partial charge is 0.306 e. The molecule has 1 heterocycles. The normalized spacial score (nSPS) is 11.7. The number of carbonyl (C=O) groups is 1. The molecule has 2 aromatic carbocycles. The second kappa shape index (κ2) is 9.97. The van der Waals surface area contributed by atoms with Crippen LogP contribution in [0.25, 0.3) is 22.5 Å². The van der Waals surface area contributed by atoms with Crippen molar-refractivity contribution in [3.8, 4) is 28.3 Å². The molecule has 0 spiro atoms. The third-order valence-corrected chi connectivity index (χ3v) is 5.21. The van der Waals surface area contributed by atoms with Crippen LogP contribution in [0.5, 0.6) is 5.75 Å². The number of hydrogen-bond acceptors (Lipinski definition) is 7. The van der Waals surface area contributed by atoms with Gasteiger partial charge in [0.05, 0.1) is 18.1 Å². The van der Waals surface area contributed by atoms with Crippen molar-refractivity contribution in [2.24, 2.45) is 11.8 Å². The van der Waals surface area contributed by atoms with E-state index >= 15 is 0 Å². The van der Waals surface area contributed by atoms with Crippen LogP contribution in [0.3, 0.4) is 0 Å². The van der Waals surface area contributed by atoms with Gasteiger partial charge < -0.3 is 26.0 Å². The Bertz CT molecular complexity index is 1180. The first kappa shape index (κ1) is 22.8. The van der Waals surface area contributed by atoms with E-state index in [0.717, 1.165) is 16.7 Å². The Morgan fingerprint density at radius 2 is 1.97 bits per heavy atom. The number of nitrogens with two attached hydrogens (primary N) is 2. The molecule has 0 aliphatic rings. The summed E-state index contributed by atoms with van der Waals surface area (Å²) in [5.74, 6) is 5.09. The lowest BCUT2D eigenvalue weighted by Crippen LogP contribution is -2.20. The van der Waals surface area contributed by atoms with Crippen LogP contribution in [0.15, 0.2) is 47.3 Å². The summed E-state index contributed by atoms with van der Waals surface area (Å²) in [4.78, 5) is 30.5. The van der Waals surface area contributed by atoms with E-state index in [4.69, 9.17) is 16.3 Å². The quantitative estimate of drug-likeness (QED) is 0.253. The van der Waals surface area contributed by atoms with Crippen LogP contribution in [0.4, 0.5) is 11.5 Å². The minimum atomic E-state index is -0.794. The number of rotatable bonds is 9. The number of aliphatic carboxylic acids is 1. The van der Waals surface area contributed by atoms with Gasteiger partial charge in [0.25, 0.3) is 5.56 Å². The van der Waals surface area contributed by atoms with Crippen LogP contribution in [-0.4, -0.2) is 27.7 Å². The second-order valence-corrected chi connectivity index (χ2v) is 7.31. The number of nitrogen functional groups attached to an aromatic ring is 2. The largest absolute Gasteiger partial charge is 0.493 e. The van der Waals surface area contributed by atoms with E-state index < -0.39 is 17.4 Å². The zero-order chi connectivity index (χ0) is 23.3. The van der Waals surface area contributed by atoms with Crippen molar-refractivity contribution in [2.45, 2.75) is 26.7 Å². The molecule has 32 heavy (non-hydrogen) atoms. The first-order valence-electron chi connectivity index (χ1n) is 10.3. The van der Waals surface area contributed by atoms with Crippen molar-refractivity contribution < 1.29 is 14.6 Å². The highest BCUT2D eigenvalue weighted by Gasteiger charge is 2.17. The van der Waals surface area contributed by atoms with E-state index in [9.17, 15) is 14.7 Å². The fraction of sp³-hybridized carbons (Fsp3) is 0.261. The number of hydrogen-bond donors (Lipinski definition) is 5. The first-order valence-corrected chi connectivity index (χ1v) is 10.3. The first-order chi connectivity index (χ1) is 15.4. The standard InChI is InChI=1S/C23H27N5O4/c1-3-14(23(30)31)10-13-6-5-7-15(11-13)16-8-9-17(18(12-16)32-4-2)20-26-21(28-25)19(24)22(29)27-20/h5-9,11-12,14H,3-4,10,24-25H2,1-2H3,(H,30,31)(H2,26,27,28,29). The molecule has 168 valence electrons. The van der Waals surface area contributed by atoms with Gasteiger partial charge in [-0.3, -0.25) is 9.59 Å². The average Bonchev–Trinajstić information content (AvgIpc) is 2.79.